The Hall–Kier alpha value is -3.53. The molecule has 0 aliphatic rings. The van der Waals surface area contributed by atoms with Gasteiger partial charge in [0, 0.05) is 15.2 Å². The molecule has 0 radical (unpaired) electrons. The number of fused-ring (bicyclic) bond motifs is 2. The van der Waals surface area contributed by atoms with Crippen molar-refractivity contribution in [3.05, 3.63) is 97.6 Å². The highest BCUT2D eigenvalue weighted by Gasteiger charge is 2.14. The van der Waals surface area contributed by atoms with Gasteiger partial charge in [-0.3, -0.25) is 0 Å². The van der Waals surface area contributed by atoms with Gasteiger partial charge in [-0.1, -0.05) is 58.4 Å². The molecule has 0 aliphatic carbocycles. The molecule has 0 bridgehead atoms. The smallest absolute Gasteiger partial charge is 0.345 e. The molecule has 148 valence electrons. The summed E-state index contributed by atoms with van der Waals surface area (Å²) in [6.07, 6.45) is 1.84. The summed E-state index contributed by atoms with van der Waals surface area (Å²) in [5.41, 5.74) is 2.32. The van der Waals surface area contributed by atoms with E-state index >= 15 is 0 Å². The lowest BCUT2D eigenvalue weighted by Crippen LogP contribution is -2.02. The van der Waals surface area contributed by atoms with Crippen molar-refractivity contribution < 1.29 is 4.42 Å². The van der Waals surface area contributed by atoms with Gasteiger partial charge < -0.3 is 4.42 Å². The molecule has 4 nitrogen and oxygen atoms in total. The van der Waals surface area contributed by atoms with Gasteiger partial charge in [-0.25, -0.2) is 9.78 Å². The zero-order valence-corrected chi connectivity index (χ0v) is 18.4. The maximum Gasteiger partial charge on any atom is 0.345 e. The summed E-state index contributed by atoms with van der Waals surface area (Å²) in [5, 5.41) is 15.1. The second-order valence-electron chi connectivity index (χ2n) is 6.91. The number of rotatable bonds is 3. The molecule has 0 N–H and O–H groups in total. The molecule has 0 atom stereocenters. The summed E-state index contributed by atoms with van der Waals surface area (Å²) >= 11 is 4.76. The Labute approximate surface area is 189 Å². The zero-order chi connectivity index (χ0) is 21.4. The molecule has 3 aromatic carbocycles. The number of allylic oxidation sites excluding steroid dienone is 1. The van der Waals surface area contributed by atoms with E-state index in [1.807, 2.05) is 60.7 Å². The Bertz CT molecular complexity index is 1590. The minimum absolute atomic E-state index is 0.371. The third kappa shape index (κ3) is 3.70. The Morgan fingerprint density at radius 3 is 2.77 bits per heavy atom. The lowest BCUT2D eigenvalue weighted by molar-refractivity contribution is 0.563. The number of aromatic nitrogens is 1. The lowest BCUT2D eigenvalue weighted by atomic mass is 10.0. The molecular weight excluding hydrogens is 472 g/mol. The average molecular weight is 485 g/mol. The Balaban J connectivity index is 1.59. The third-order valence-corrected chi connectivity index (χ3v) is 6.32. The van der Waals surface area contributed by atoms with Gasteiger partial charge >= 0.3 is 5.63 Å². The minimum atomic E-state index is -0.455. The van der Waals surface area contributed by atoms with Gasteiger partial charge in [0.25, 0.3) is 0 Å². The fourth-order valence-corrected chi connectivity index (χ4v) is 4.63. The van der Waals surface area contributed by atoms with E-state index in [0.29, 0.717) is 27.4 Å². The van der Waals surface area contributed by atoms with Crippen LogP contribution in [0.15, 0.2) is 85.8 Å². The topological polar surface area (TPSA) is 66.9 Å². The second-order valence-corrected chi connectivity index (χ2v) is 8.68. The molecule has 0 fully saturated rings. The maximum absolute atomic E-state index is 12.5. The van der Waals surface area contributed by atoms with Gasteiger partial charge in [0.1, 0.15) is 16.7 Å². The quantitative estimate of drug-likeness (QED) is 0.206. The summed E-state index contributed by atoms with van der Waals surface area (Å²) in [7, 11) is 0. The monoisotopic (exact) mass is 484 g/mol. The first-order valence-corrected chi connectivity index (χ1v) is 11.1. The van der Waals surface area contributed by atoms with E-state index in [0.717, 1.165) is 26.2 Å². The zero-order valence-electron chi connectivity index (χ0n) is 16.0. The average Bonchev–Trinajstić information content (AvgIpc) is 3.27. The predicted octanol–water partition coefficient (Wildman–Crippen LogP) is 6.90. The molecule has 0 amide bonds. The van der Waals surface area contributed by atoms with Crippen molar-refractivity contribution in [2.75, 3.05) is 0 Å². The molecule has 0 aliphatic heterocycles. The number of benzene rings is 3. The molecular formula is C25H13BrN2O2S. The van der Waals surface area contributed by atoms with Gasteiger partial charge in [0.15, 0.2) is 0 Å². The summed E-state index contributed by atoms with van der Waals surface area (Å²) in [6, 6.07) is 23.5. The number of nitrogens with zero attached hydrogens (tertiary/aromatic N) is 2. The van der Waals surface area contributed by atoms with Crippen LogP contribution in [0, 0.1) is 11.3 Å². The van der Waals surface area contributed by atoms with Crippen LogP contribution in [0.3, 0.4) is 0 Å². The van der Waals surface area contributed by atoms with Crippen LogP contribution < -0.4 is 5.63 Å². The van der Waals surface area contributed by atoms with Crippen LogP contribution in [-0.4, -0.2) is 4.98 Å². The Morgan fingerprint density at radius 2 is 1.90 bits per heavy atom. The molecule has 5 aromatic rings. The van der Waals surface area contributed by atoms with Crippen LogP contribution in [0.5, 0.6) is 0 Å². The van der Waals surface area contributed by atoms with Gasteiger partial charge in [0.2, 0.25) is 0 Å². The Kier molecular flexibility index (Phi) is 4.99. The molecule has 2 aromatic heterocycles. The number of halogens is 1. The highest BCUT2D eigenvalue weighted by Crippen LogP contribution is 2.29. The summed E-state index contributed by atoms with van der Waals surface area (Å²) in [6.45, 7) is 0. The third-order valence-electron chi connectivity index (χ3n) is 4.95. The minimum Gasteiger partial charge on any atom is -0.422 e. The molecule has 6 heteroatoms. The van der Waals surface area contributed by atoms with E-state index in [-0.39, 0.29) is 0 Å². The molecule has 0 unspecified atom stereocenters. The first-order valence-electron chi connectivity index (χ1n) is 9.41. The van der Waals surface area contributed by atoms with Gasteiger partial charge in [0.05, 0.1) is 16.8 Å². The van der Waals surface area contributed by atoms with Gasteiger partial charge in [-0.2, -0.15) is 5.26 Å². The van der Waals surface area contributed by atoms with Crippen LogP contribution >= 0.6 is 27.3 Å². The van der Waals surface area contributed by atoms with E-state index < -0.39 is 5.63 Å². The number of hydrogen-bond donors (Lipinski definition) is 0. The highest BCUT2D eigenvalue weighted by molar-refractivity contribution is 9.10. The standard InChI is InChI=1S/C25H13BrN2O2S/c26-19-8-9-23-17(11-19)12-21(25(29)30-23)22-14-31-24(28-22)18(13-27)10-16-6-3-5-15-4-1-2-7-20(15)16/h1-12,14H/b18-10-. The van der Waals surface area contributed by atoms with Crippen molar-refractivity contribution in [2.45, 2.75) is 0 Å². The van der Waals surface area contributed by atoms with Gasteiger partial charge in [-0.05, 0) is 46.7 Å². The fraction of sp³-hybridized carbons (Fsp3) is 0. The normalized spacial score (nSPS) is 11.7. The summed E-state index contributed by atoms with van der Waals surface area (Å²) in [5.74, 6) is 0. The molecule has 0 saturated carbocycles. The highest BCUT2D eigenvalue weighted by atomic mass is 79.9. The van der Waals surface area contributed by atoms with E-state index in [1.165, 1.54) is 11.3 Å². The van der Waals surface area contributed by atoms with Crippen molar-refractivity contribution in [3.63, 3.8) is 0 Å². The number of nitriles is 1. The van der Waals surface area contributed by atoms with Crippen LogP contribution in [0.1, 0.15) is 10.6 Å². The van der Waals surface area contributed by atoms with E-state index in [1.54, 1.807) is 17.5 Å². The van der Waals surface area contributed by atoms with Crippen LogP contribution in [0.2, 0.25) is 0 Å². The van der Waals surface area contributed by atoms with E-state index in [4.69, 9.17) is 4.42 Å². The SMILES string of the molecule is N#C/C(=C/c1cccc2ccccc12)c1nc(-c2cc3cc(Br)ccc3oc2=O)cs1. The van der Waals surface area contributed by atoms with Crippen molar-refractivity contribution in [1.29, 1.82) is 5.26 Å². The van der Waals surface area contributed by atoms with Crippen molar-refractivity contribution in [3.8, 4) is 17.3 Å². The number of thiazole rings is 1. The second kappa shape index (κ2) is 7.95. The first-order chi connectivity index (χ1) is 15.1. The molecule has 31 heavy (non-hydrogen) atoms. The molecule has 5 rings (SSSR count). The van der Waals surface area contributed by atoms with Crippen LogP contribution in [0.4, 0.5) is 0 Å². The van der Waals surface area contributed by atoms with E-state index in [2.05, 4.69) is 27.0 Å². The summed E-state index contributed by atoms with van der Waals surface area (Å²) < 4.78 is 6.34. The molecule has 0 spiro atoms. The van der Waals surface area contributed by atoms with Crippen LogP contribution in [0.25, 0.3) is 44.6 Å². The first kappa shape index (κ1) is 19.4. The largest absolute Gasteiger partial charge is 0.422 e. The van der Waals surface area contributed by atoms with Crippen molar-refractivity contribution >= 4 is 60.7 Å². The van der Waals surface area contributed by atoms with E-state index in [9.17, 15) is 10.1 Å². The summed E-state index contributed by atoms with van der Waals surface area (Å²) in [4.78, 5) is 17.1. The molecule has 2 heterocycles. The van der Waals surface area contributed by atoms with Crippen molar-refractivity contribution in [1.82, 2.24) is 4.98 Å². The number of hydrogen-bond acceptors (Lipinski definition) is 5. The van der Waals surface area contributed by atoms with Gasteiger partial charge in [-0.15, -0.1) is 11.3 Å². The predicted molar refractivity (Wildman–Crippen MR) is 129 cm³/mol. The Morgan fingerprint density at radius 1 is 1.06 bits per heavy atom. The molecule has 0 saturated heterocycles. The maximum atomic E-state index is 12.5. The lowest BCUT2D eigenvalue weighted by Gasteiger charge is -2.02. The fourth-order valence-electron chi connectivity index (χ4n) is 3.47. The van der Waals surface area contributed by atoms with Crippen molar-refractivity contribution in [2.24, 2.45) is 0 Å². The van der Waals surface area contributed by atoms with Crippen LogP contribution in [-0.2, 0) is 0 Å².